The van der Waals surface area contributed by atoms with Gasteiger partial charge in [-0.15, -0.1) is 22.7 Å². The fourth-order valence-corrected chi connectivity index (χ4v) is 9.28. The Balaban J connectivity index is 0.000000130. The fraction of sp³-hybridized carbons (Fsp3) is 0. The maximum Gasteiger partial charge on any atom is 0.339 e. The molecule has 10 aromatic rings. The van der Waals surface area contributed by atoms with Gasteiger partial charge in [-0.2, -0.15) is 0 Å². The molecule has 15 heteroatoms. The van der Waals surface area contributed by atoms with Gasteiger partial charge in [-0.25, -0.2) is 14.8 Å². The maximum atomic E-state index is 12.0. The highest BCUT2D eigenvalue weighted by atomic mass is 36.0. The number of rotatable bonds is 0. The smallest absolute Gasteiger partial charge is 0.306 e. The molecule has 2 N–H and O–H groups in total. The molecule has 0 amide bonds. The molecule has 0 aliphatic carbocycles. The number of fused-ring (bicyclic) bond motifs is 14. The van der Waals surface area contributed by atoms with Crippen molar-refractivity contribution in [3.63, 3.8) is 0 Å². The summed E-state index contributed by atoms with van der Waals surface area (Å²) in [6.07, 6.45) is 0. The van der Waals surface area contributed by atoms with Gasteiger partial charge >= 0.3 is 10.9 Å². The molecule has 0 aliphatic rings. The first kappa shape index (κ1) is 34.3. The van der Waals surface area contributed by atoms with Crippen LogP contribution in [0.4, 0.5) is 0 Å². The van der Waals surface area contributed by atoms with E-state index in [1.807, 2.05) is 24.3 Å². The van der Waals surface area contributed by atoms with E-state index in [2.05, 4.69) is 120 Å². The number of hydrogen-bond acceptors (Lipinski definition) is 7. The Bertz CT molecular complexity index is 3200. The van der Waals surface area contributed by atoms with Gasteiger partial charge in [-0.1, -0.05) is 84.4 Å². The summed E-state index contributed by atoms with van der Waals surface area (Å²) in [7, 11) is 0. The second-order valence-corrected chi connectivity index (χ2v) is 20.8. The average Bonchev–Trinajstić information content (AvgIpc) is 3.67. The van der Waals surface area contributed by atoms with Gasteiger partial charge in [0.25, 0.3) is 5.56 Å². The summed E-state index contributed by atoms with van der Waals surface area (Å²) in [5, 5.41) is 7.83. The second kappa shape index (κ2) is 13.3. The average molecular weight is 827 g/mol. The van der Waals surface area contributed by atoms with Crippen molar-refractivity contribution in [1.29, 1.82) is 0 Å². The van der Waals surface area contributed by atoms with Crippen LogP contribution >= 0.6 is 84.8 Å². The number of nitrogens with zero attached hydrogens (tertiary/aromatic N) is 2. The van der Waals surface area contributed by atoms with Gasteiger partial charge in [0.05, 0.1) is 16.4 Å². The van der Waals surface area contributed by atoms with Gasteiger partial charge in [-0.05, 0) is 91.1 Å². The topological polar surface area (TPSA) is 109 Å². The van der Waals surface area contributed by atoms with Crippen molar-refractivity contribution in [2.75, 3.05) is 0 Å². The minimum absolute atomic E-state index is 0.176. The molecular formula is C36H18Cl5N4O3PS2. The van der Waals surface area contributed by atoms with E-state index in [0.717, 1.165) is 31.8 Å². The number of thiophene rings is 2. The maximum absolute atomic E-state index is 12.0. The summed E-state index contributed by atoms with van der Waals surface area (Å²) in [6.45, 7) is 0. The molecule has 10 rings (SSSR count). The Kier molecular flexibility index (Phi) is 8.98. The third-order valence-corrected chi connectivity index (χ3v) is 11.2. The van der Waals surface area contributed by atoms with E-state index in [1.54, 1.807) is 28.7 Å². The molecule has 0 saturated carbocycles. The normalized spacial score (nSPS) is 11.9. The van der Waals surface area contributed by atoms with Crippen molar-refractivity contribution in [2.24, 2.45) is 0 Å². The summed E-state index contributed by atoms with van der Waals surface area (Å²) in [5.74, 6) is 0. The predicted octanol–water partition coefficient (Wildman–Crippen LogP) is 13.0. The third kappa shape index (κ3) is 6.47. The zero-order valence-corrected chi connectivity index (χ0v) is 31.8. The Morgan fingerprint density at radius 3 is 1.69 bits per heavy atom. The Hall–Kier alpha value is -3.76. The van der Waals surface area contributed by atoms with Gasteiger partial charge in [0.1, 0.15) is 5.15 Å². The number of H-pyrrole nitrogens is 2. The number of halogens is 5. The van der Waals surface area contributed by atoms with Crippen molar-refractivity contribution in [3.05, 3.63) is 128 Å². The van der Waals surface area contributed by atoms with Gasteiger partial charge in [0, 0.05) is 45.7 Å². The second-order valence-electron chi connectivity index (χ2n) is 11.3. The van der Waals surface area contributed by atoms with Crippen molar-refractivity contribution in [1.82, 2.24) is 19.9 Å². The molecule has 0 saturated heterocycles. The van der Waals surface area contributed by atoms with Crippen molar-refractivity contribution < 1.29 is 4.57 Å². The van der Waals surface area contributed by atoms with E-state index in [4.69, 9.17) is 23.2 Å². The van der Waals surface area contributed by atoms with Gasteiger partial charge in [0.15, 0.2) is 0 Å². The Morgan fingerprint density at radius 1 is 0.569 bits per heavy atom. The lowest BCUT2D eigenvalue weighted by Crippen LogP contribution is -2.21. The summed E-state index contributed by atoms with van der Waals surface area (Å²) in [5.41, 5.74) is 0.591. The van der Waals surface area contributed by atoms with Crippen LogP contribution in [0, 0.1) is 0 Å². The molecule has 0 spiro atoms. The first-order valence-electron chi connectivity index (χ1n) is 15.0. The molecule has 0 radical (unpaired) electrons. The summed E-state index contributed by atoms with van der Waals surface area (Å²) < 4.78 is 14.2. The molecule has 6 aromatic carbocycles. The van der Waals surface area contributed by atoms with Crippen LogP contribution in [0.5, 0.6) is 0 Å². The van der Waals surface area contributed by atoms with E-state index in [-0.39, 0.29) is 10.8 Å². The van der Waals surface area contributed by atoms with Gasteiger partial charge in [-0.3, -0.25) is 14.3 Å². The van der Waals surface area contributed by atoms with Crippen LogP contribution in [0.1, 0.15) is 0 Å². The zero-order chi connectivity index (χ0) is 35.6. The lowest BCUT2D eigenvalue weighted by atomic mass is 10.0. The Labute approximate surface area is 319 Å². The fourth-order valence-electron chi connectivity index (χ4n) is 6.35. The number of aromatic nitrogens is 4. The predicted molar refractivity (Wildman–Crippen MR) is 221 cm³/mol. The molecule has 0 aliphatic heterocycles. The number of nitrogens with one attached hydrogen (secondary N) is 2. The highest BCUT2D eigenvalue weighted by Crippen LogP contribution is 2.61. The molecule has 252 valence electrons. The molecular weight excluding hydrogens is 809 g/mol. The lowest BCUT2D eigenvalue weighted by molar-refractivity contribution is 0.600. The summed E-state index contributed by atoms with van der Waals surface area (Å²) in [6, 6.07) is 32.9. The van der Waals surface area contributed by atoms with Crippen LogP contribution in [0.2, 0.25) is 10.4 Å². The van der Waals surface area contributed by atoms with E-state index in [9.17, 15) is 14.2 Å². The van der Waals surface area contributed by atoms with Crippen molar-refractivity contribution in [2.45, 2.75) is 0 Å². The first-order valence-corrected chi connectivity index (χ1v) is 21.8. The lowest BCUT2D eigenvalue weighted by Gasteiger charge is -2.03. The SMILES string of the molecule is Clc1nc(Cl)c2ccc3sc4c5ccccc5ccc4c3c2n1.O=P(Cl)(Cl)Cl.O=c1[nH]c(=O)c2ccc3sc4c5ccccc5ccc4c3c2[nH]1. The van der Waals surface area contributed by atoms with E-state index >= 15 is 0 Å². The van der Waals surface area contributed by atoms with E-state index in [0.29, 0.717) is 16.1 Å². The summed E-state index contributed by atoms with van der Waals surface area (Å²) >= 11 is 29.6. The number of hydrogen-bond donors (Lipinski definition) is 2. The first-order chi connectivity index (χ1) is 24.4. The van der Waals surface area contributed by atoms with Gasteiger partial charge in [0.2, 0.25) is 5.28 Å². The summed E-state index contributed by atoms with van der Waals surface area (Å²) in [4.78, 5) is 37.3. The molecule has 4 heterocycles. The largest absolute Gasteiger partial charge is 0.339 e. The van der Waals surface area contributed by atoms with Crippen LogP contribution in [0.25, 0.3) is 83.7 Å². The minimum atomic E-state index is -3.22. The van der Waals surface area contributed by atoms with Crippen LogP contribution in [0.15, 0.2) is 107 Å². The molecule has 7 nitrogen and oxygen atoms in total. The van der Waals surface area contributed by atoms with Crippen LogP contribution in [0.3, 0.4) is 0 Å². The minimum Gasteiger partial charge on any atom is -0.306 e. The van der Waals surface area contributed by atoms with E-state index in [1.165, 1.54) is 41.0 Å². The number of aromatic amines is 2. The zero-order valence-electron chi connectivity index (χ0n) is 25.5. The molecule has 0 fully saturated rings. The van der Waals surface area contributed by atoms with Crippen LogP contribution < -0.4 is 11.2 Å². The van der Waals surface area contributed by atoms with Crippen molar-refractivity contribution in [3.8, 4) is 0 Å². The van der Waals surface area contributed by atoms with Gasteiger partial charge < -0.3 is 4.98 Å². The third-order valence-electron chi connectivity index (χ3n) is 8.36. The quantitative estimate of drug-likeness (QED) is 0.0899. The number of benzene rings is 6. The van der Waals surface area contributed by atoms with Crippen LogP contribution in [-0.4, -0.2) is 19.9 Å². The molecule has 51 heavy (non-hydrogen) atoms. The standard InChI is InChI=1S/C18H8Cl2N2S.C18H10N2O2S.Cl3OP/c19-17-12-7-8-13-14(15(12)21-18(20)22-17)11-6-5-9-3-1-2-4-10(9)16(11)23-13;21-17-12-7-8-13-14(15(12)19-18(22)20-17)11-6-5-9-3-1-2-4-10(9)16(11)23-13;1-5(2,3)4/h1-8H;1-8H,(H2,19,20,21,22);. The highest BCUT2D eigenvalue weighted by molar-refractivity contribution is 8.24. The van der Waals surface area contributed by atoms with Crippen LogP contribution in [-0.2, 0) is 4.57 Å². The monoisotopic (exact) mass is 824 g/mol. The highest BCUT2D eigenvalue weighted by Gasteiger charge is 2.16. The van der Waals surface area contributed by atoms with Crippen molar-refractivity contribution >= 4 is 168 Å². The molecule has 0 atom stereocenters. The Morgan fingerprint density at radius 2 is 1.08 bits per heavy atom. The molecule has 4 aromatic heterocycles. The molecule has 0 bridgehead atoms. The molecule has 0 unspecified atom stereocenters. The van der Waals surface area contributed by atoms with E-state index < -0.39 is 10.9 Å².